The fraction of sp³-hybridized carbons (Fsp3) is 0. The molecule has 0 saturated carbocycles. The number of nitriles is 1. The molecule has 0 radical (unpaired) electrons. The second kappa shape index (κ2) is 16.0. The number of hydrogen-bond acceptors (Lipinski definition) is 5. The van der Waals surface area contributed by atoms with E-state index in [2.05, 4.69) is 131 Å². The van der Waals surface area contributed by atoms with Gasteiger partial charge >= 0.3 is 5.97 Å². The summed E-state index contributed by atoms with van der Waals surface area (Å²) >= 11 is 0. The maximum Gasteiger partial charge on any atom is 0.347 e. The van der Waals surface area contributed by atoms with Crippen LogP contribution in [-0.2, 0) is 4.79 Å². The molecule has 0 atom stereocenters. The lowest BCUT2D eigenvalue weighted by atomic mass is 9.96. The molecule has 0 aliphatic carbocycles. The summed E-state index contributed by atoms with van der Waals surface area (Å²) < 4.78 is 6.06. The van der Waals surface area contributed by atoms with Crippen molar-refractivity contribution in [3.8, 4) is 22.9 Å². The summed E-state index contributed by atoms with van der Waals surface area (Å²) in [4.78, 5) is 16.3. The molecule has 0 unspecified atom stereocenters. The number of allylic oxidation sites excluding steroid dienone is 3. The van der Waals surface area contributed by atoms with Gasteiger partial charge in [0.1, 0.15) is 23.2 Å². The number of fused-ring (bicyclic) bond motifs is 1. The molecule has 7 aromatic carbocycles. The Morgan fingerprint density at radius 3 is 1.38 bits per heavy atom. The highest BCUT2D eigenvalue weighted by Crippen LogP contribution is 2.39. The Morgan fingerprint density at radius 2 is 0.929 bits per heavy atom. The molecule has 56 heavy (non-hydrogen) atoms. The third-order valence-electron chi connectivity index (χ3n) is 9.51. The quantitative estimate of drug-likeness (QED) is 0.112. The first-order valence-electron chi connectivity index (χ1n) is 18.2. The van der Waals surface area contributed by atoms with Gasteiger partial charge in [0.25, 0.3) is 0 Å². The van der Waals surface area contributed by atoms with Gasteiger partial charge in [-0.05, 0) is 108 Å². The molecule has 1 aliphatic heterocycles. The lowest BCUT2D eigenvalue weighted by Gasteiger charge is -2.26. The van der Waals surface area contributed by atoms with Crippen molar-refractivity contribution < 1.29 is 14.6 Å². The second-order valence-corrected chi connectivity index (χ2v) is 13.0. The number of carbonyl (C=O) groups is 1. The van der Waals surface area contributed by atoms with Gasteiger partial charge in [-0.1, -0.05) is 115 Å². The maximum absolute atomic E-state index is 11.8. The molecule has 0 aromatic heterocycles. The van der Waals surface area contributed by atoms with Gasteiger partial charge < -0.3 is 19.6 Å². The van der Waals surface area contributed by atoms with Crippen LogP contribution in [0.4, 0.5) is 34.1 Å². The number of para-hydroxylation sites is 4. The zero-order valence-corrected chi connectivity index (χ0v) is 30.2. The van der Waals surface area contributed by atoms with E-state index in [9.17, 15) is 15.2 Å². The summed E-state index contributed by atoms with van der Waals surface area (Å²) in [5.74, 6) is -0.355. The number of rotatable bonds is 10. The van der Waals surface area contributed by atoms with Gasteiger partial charge in [-0.3, -0.25) is 0 Å². The van der Waals surface area contributed by atoms with Gasteiger partial charge in [0.15, 0.2) is 0 Å². The molecule has 268 valence electrons. The van der Waals surface area contributed by atoms with E-state index in [1.807, 2.05) is 60.7 Å². The van der Waals surface area contributed by atoms with Crippen LogP contribution >= 0.6 is 0 Å². The minimum Gasteiger partial charge on any atom is -0.477 e. The number of carboxylic acids is 1. The van der Waals surface area contributed by atoms with Gasteiger partial charge in [-0.25, -0.2) is 4.79 Å². The van der Waals surface area contributed by atoms with E-state index >= 15 is 0 Å². The third-order valence-corrected chi connectivity index (χ3v) is 9.51. The zero-order chi connectivity index (χ0) is 38.3. The molecule has 0 spiro atoms. The Morgan fingerprint density at radius 1 is 0.518 bits per heavy atom. The first-order valence-corrected chi connectivity index (χ1v) is 18.2. The maximum atomic E-state index is 11.8. The Kier molecular flexibility index (Phi) is 10.1. The van der Waals surface area contributed by atoms with Crippen molar-refractivity contribution in [1.29, 1.82) is 5.26 Å². The highest BCUT2D eigenvalue weighted by molar-refractivity contribution is 6.04. The van der Waals surface area contributed by atoms with E-state index < -0.39 is 5.97 Å². The summed E-state index contributed by atoms with van der Waals surface area (Å²) in [6, 6.07) is 65.4. The van der Waals surface area contributed by atoms with Gasteiger partial charge in [0.05, 0.1) is 0 Å². The van der Waals surface area contributed by atoms with Crippen LogP contribution in [0.5, 0.6) is 5.75 Å². The second-order valence-electron chi connectivity index (χ2n) is 13.0. The van der Waals surface area contributed by atoms with Crippen LogP contribution in [0.25, 0.3) is 22.8 Å². The van der Waals surface area contributed by atoms with Crippen LogP contribution in [-0.4, -0.2) is 11.1 Å². The number of anilines is 6. The topological polar surface area (TPSA) is 76.8 Å². The number of carboxylic acid groups (broad SMARTS) is 1. The van der Waals surface area contributed by atoms with Crippen LogP contribution in [0.3, 0.4) is 0 Å². The van der Waals surface area contributed by atoms with Crippen LogP contribution in [0.15, 0.2) is 212 Å². The number of nitrogens with zero attached hydrogens (tertiary/aromatic N) is 3. The first-order chi connectivity index (χ1) is 27.6. The normalized spacial score (nSPS) is 12.8. The van der Waals surface area contributed by atoms with Gasteiger partial charge in [0, 0.05) is 45.3 Å². The lowest BCUT2D eigenvalue weighted by Crippen LogP contribution is -2.10. The zero-order valence-electron chi connectivity index (χ0n) is 30.2. The SMILES string of the molecule is N#C/C(C(=O)O)=C1C=C(/C=C/c2ccc(N(c3ccccc3)c3ccc(-c4ccc(N(c5ccccc5)c5ccccc5)cc4)cc3)cc2)Oc2ccccc2/1. The van der Waals surface area contributed by atoms with Gasteiger partial charge in [-0.15, -0.1) is 0 Å². The molecule has 6 nitrogen and oxygen atoms in total. The van der Waals surface area contributed by atoms with E-state index in [4.69, 9.17) is 4.74 Å². The molecular weight excluding hydrogens is 691 g/mol. The number of hydrogen-bond donors (Lipinski definition) is 1. The van der Waals surface area contributed by atoms with Crippen LogP contribution in [0.1, 0.15) is 11.1 Å². The molecule has 0 bridgehead atoms. The average molecular weight is 726 g/mol. The highest BCUT2D eigenvalue weighted by Gasteiger charge is 2.22. The lowest BCUT2D eigenvalue weighted by molar-refractivity contribution is -0.132. The van der Waals surface area contributed by atoms with Crippen LogP contribution in [0.2, 0.25) is 0 Å². The van der Waals surface area contributed by atoms with Crippen molar-refractivity contribution in [3.63, 3.8) is 0 Å². The molecule has 0 amide bonds. The number of ether oxygens (including phenoxy) is 1. The fourth-order valence-electron chi connectivity index (χ4n) is 6.81. The molecule has 8 rings (SSSR count). The van der Waals surface area contributed by atoms with Gasteiger partial charge in [-0.2, -0.15) is 5.26 Å². The molecule has 7 aromatic rings. The number of benzene rings is 7. The largest absolute Gasteiger partial charge is 0.477 e. The Balaban J connectivity index is 1.04. The van der Waals surface area contributed by atoms with Crippen molar-refractivity contribution in [2.45, 2.75) is 0 Å². The Bertz CT molecular complexity index is 2570. The minimum absolute atomic E-state index is 0.316. The molecule has 6 heteroatoms. The number of aliphatic carboxylic acids is 1. The molecule has 0 fully saturated rings. The standard InChI is InChI=1S/C50H35N3O3/c51-35-48(50(54)55)47-34-45(56-49-19-11-10-18-46(47)49)33-22-36-20-27-42(28-21-36)53(41-16-8-3-9-17-41)44-31-25-38(26-32-44)37-23-29-43(30-24-37)52(39-12-4-1-5-13-39)40-14-6-2-7-15-40/h1-34H,(H,54,55)/b33-22+,48-47+. The summed E-state index contributed by atoms with van der Waals surface area (Å²) in [6.45, 7) is 0. The fourth-order valence-corrected chi connectivity index (χ4v) is 6.81. The Labute approximate surface area is 326 Å². The monoisotopic (exact) mass is 725 g/mol. The van der Waals surface area contributed by atoms with Crippen molar-refractivity contribution in [3.05, 3.63) is 223 Å². The average Bonchev–Trinajstić information content (AvgIpc) is 3.25. The van der Waals surface area contributed by atoms with Crippen molar-refractivity contribution in [2.75, 3.05) is 9.80 Å². The smallest absolute Gasteiger partial charge is 0.347 e. The summed E-state index contributed by atoms with van der Waals surface area (Å²) in [5, 5.41) is 19.2. The summed E-state index contributed by atoms with van der Waals surface area (Å²) in [7, 11) is 0. The highest BCUT2D eigenvalue weighted by atomic mass is 16.5. The van der Waals surface area contributed by atoms with E-state index in [1.165, 1.54) is 0 Å². The van der Waals surface area contributed by atoms with Crippen molar-refractivity contribution in [1.82, 2.24) is 0 Å². The van der Waals surface area contributed by atoms with Crippen LogP contribution in [0, 0.1) is 11.3 Å². The predicted molar refractivity (Wildman–Crippen MR) is 226 cm³/mol. The Hall–Kier alpha value is -7.88. The summed E-state index contributed by atoms with van der Waals surface area (Å²) in [6.07, 6.45) is 5.28. The molecular formula is C50H35N3O3. The molecule has 0 saturated heterocycles. The molecule has 1 aliphatic rings. The first kappa shape index (κ1) is 35.2. The van der Waals surface area contributed by atoms with E-state index in [0.29, 0.717) is 22.6 Å². The minimum atomic E-state index is -1.28. The van der Waals surface area contributed by atoms with E-state index in [1.54, 1.807) is 30.4 Å². The summed E-state index contributed by atoms with van der Waals surface area (Å²) in [5.41, 5.74) is 10.0. The van der Waals surface area contributed by atoms with E-state index in [0.717, 1.165) is 50.8 Å². The third kappa shape index (κ3) is 7.47. The van der Waals surface area contributed by atoms with Crippen molar-refractivity contribution in [2.24, 2.45) is 0 Å². The predicted octanol–water partition coefficient (Wildman–Crippen LogP) is 12.6. The van der Waals surface area contributed by atoms with Crippen molar-refractivity contribution >= 4 is 51.7 Å². The van der Waals surface area contributed by atoms with Crippen LogP contribution < -0.4 is 14.5 Å². The van der Waals surface area contributed by atoms with Gasteiger partial charge in [0.2, 0.25) is 0 Å². The molecule has 1 N–H and O–H groups in total. The van der Waals surface area contributed by atoms with E-state index in [-0.39, 0.29) is 5.57 Å². The molecule has 1 heterocycles.